The van der Waals surface area contributed by atoms with Gasteiger partial charge in [0.1, 0.15) is 6.61 Å². The molecule has 0 aliphatic rings. The highest BCUT2D eigenvalue weighted by Crippen LogP contribution is 2.30. The Balaban J connectivity index is 1.51. The highest BCUT2D eigenvalue weighted by Gasteiger charge is 2.32. The van der Waals surface area contributed by atoms with Gasteiger partial charge in [-0.15, -0.1) is 11.3 Å². The molecule has 14 heteroatoms. The van der Waals surface area contributed by atoms with Gasteiger partial charge in [0.15, 0.2) is 5.13 Å². The first-order valence-corrected chi connectivity index (χ1v) is 18.0. The molecule has 3 N–H and O–H groups in total. The van der Waals surface area contributed by atoms with Gasteiger partial charge < -0.3 is 25.4 Å². The van der Waals surface area contributed by atoms with Crippen LogP contribution in [-0.2, 0) is 27.8 Å². The average molecular weight is 675 g/mol. The molecule has 0 spiro atoms. The lowest BCUT2D eigenvalue weighted by Crippen LogP contribution is -2.51. The van der Waals surface area contributed by atoms with Crippen molar-refractivity contribution < 1.29 is 23.1 Å². The van der Waals surface area contributed by atoms with Crippen molar-refractivity contribution in [1.29, 1.82) is 0 Å². The van der Waals surface area contributed by atoms with Crippen molar-refractivity contribution in [2.75, 3.05) is 45.6 Å². The number of aliphatic hydroxyl groups is 1. The number of aliphatic hydroxyl groups excluding tert-OH is 1. The SMILES string of the molecule is CC(C)CN(CC(O)C(Cc1ccccc1)NC(=O)OCc1cncs1)S(=O)(=O)c1ccc2nc(NCCCN(C)C)sc2c1. The van der Waals surface area contributed by atoms with E-state index in [9.17, 15) is 18.3 Å². The van der Waals surface area contributed by atoms with Crippen LogP contribution in [0.3, 0.4) is 0 Å². The number of nitrogens with zero attached hydrogens (tertiary/aromatic N) is 4. The van der Waals surface area contributed by atoms with E-state index in [2.05, 4.69) is 25.5 Å². The fourth-order valence-corrected chi connectivity index (χ4v) is 7.85. The number of amides is 1. The summed E-state index contributed by atoms with van der Waals surface area (Å²) in [6.07, 6.45) is 0.933. The molecule has 0 saturated carbocycles. The summed E-state index contributed by atoms with van der Waals surface area (Å²) in [7, 11) is 0.0554. The quantitative estimate of drug-likeness (QED) is 0.137. The lowest BCUT2D eigenvalue weighted by atomic mass is 10.0. The molecule has 1 amide bonds. The molecule has 2 aromatic carbocycles. The van der Waals surface area contributed by atoms with Gasteiger partial charge in [0.2, 0.25) is 10.0 Å². The van der Waals surface area contributed by atoms with Crippen LogP contribution in [-0.4, -0.2) is 91.2 Å². The van der Waals surface area contributed by atoms with Crippen molar-refractivity contribution in [3.05, 3.63) is 70.7 Å². The van der Waals surface area contributed by atoms with E-state index in [0.29, 0.717) is 5.52 Å². The molecule has 2 atom stereocenters. The fourth-order valence-electron chi connectivity index (χ4n) is 4.69. The highest BCUT2D eigenvalue weighted by atomic mass is 32.2. The van der Waals surface area contributed by atoms with Gasteiger partial charge in [-0.1, -0.05) is 55.5 Å². The van der Waals surface area contributed by atoms with Crippen molar-refractivity contribution in [2.45, 2.75) is 50.3 Å². The highest BCUT2D eigenvalue weighted by molar-refractivity contribution is 7.89. The molecule has 4 rings (SSSR count). The zero-order chi connectivity index (χ0) is 32.4. The van der Waals surface area contributed by atoms with Crippen molar-refractivity contribution in [3.63, 3.8) is 0 Å². The summed E-state index contributed by atoms with van der Waals surface area (Å²) in [6, 6.07) is 13.5. The Morgan fingerprint density at radius 2 is 1.89 bits per heavy atom. The number of benzene rings is 2. The van der Waals surface area contributed by atoms with Crippen LogP contribution >= 0.6 is 22.7 Å². The Morgan fingerprint density at radius 1 is 1.11 bits per heavy atom. The maximum absolute atomic E-state index is 14.0. The number of carbonyl (C=O) groups excluding carboxylic acids is 1. The minimum Gasteiger partial charge on any atom is -0.444 e. The zero-order valence-electron chi connectivity index (χ0n) is 26.0. The number of aromatic nitrogens is 2. The summed E-state index contributed by atoms with van der Waals surface area (Å²) in [5.41, 5.74) is 3.25. The molecular formula is C31H42N6O5S3. The van der Waals surface area contributed by atoms with Crippen LogP contribution in [0, 0.1) is 5.92 Å². The summed E-state index contributed by atoms with van der Waals surface area (Å²) in [5.74, 6) is -0.0121. The Kier molecular flexibility index (Phi) is 12.7. The van der Waals surface area contributed by atoms with E-state index in [-0.39, 0.29) is 36.9 Å². The van der Waals surface area contributed by atoms with Gasteiger partial charge in [0.05, 0.1) is 37.6 Å². The van der Waals surface area contributed by atoms with Gasteiger partial charge in [-0.25, -0.2) is 18.2 Å². The van der Waals surface area contributed by atoms with E-state index >= 15 is 0 Å². The topological polar surface area (TPSA) is 137 Å². The number of carbonyl (C=O) groups is 1. The molecule has 0 radical (unpaired) electrons. The maximum atomic E-state index is 14.0. The third-order valence-electron chi connectivity index (χ3n) is 6.91. The number of hydrogen-bond donors (Lipinski definition) is 3. The molecule has 2 aromatic heterocycles. The van der Waals surface area contributed by atoms with Crippen LogP contribution in [0.25, 0.3) is 10.2 Å². The molecule has 0 aliphatic heterocycles. The number of rotatable bonds is 17. The molecule has 0 aliphatic carbocycles. The number of nitrogens with one attached hydrogen (secondary N) is 2. The monoisotopic (exact) mass is 674 g/mol. The maximum Gasteiger partial charge on any atom is 0.407 e. The van der Waals surface area contributed by atoms with E-state index in [1.807, 2.05) is 58.3 Å². The Hall–Kier alpha value is -3.14. The normalized spacial score (nSPS) is 13.4. The summed E-state index contributed by atoms with van der Waals surface area (Å²) >= 11 is 2.78. The van der Waals surface area contributed by atoms with Crippen molar-refractivity contribution >= 4 is 54.1 Å². The van der Waals surface area contributed by atoms with Crippen molar-refractivity contribution in [2.24, 2.45) is 5.92 Å². The molecule has 2 unspecified atom stereocenters. The fraction of sp³-hybridized carbons (Fsp3) is 0.452. The van der Waals surface area contributed by atoms with Gasteiger partial charge in [0.25, 0.3) is 0 Å². The summed E-state index contributed by atoms with van der Waals surface area (Å²) < 4.78 is 35.5. The van der Waals surface area contributed by atoms with Crippen molar-refractivity contribution in [3.8, 4) is 0 Å². The van der Waals surface area contributed by atoms with Crippen molar-refractivity contribution in [1.82, 2.24) is 24.5 Å². The summed E-state index contributed by atoms with van der Waals surface area (Å²) in [6.45, 7) is 5.58. The van der Waals surface area contributed by atoms with E-state index < -0.39 is 28.3 Å². The first kappa shape index (κ1) is 34.7. The van der Waals surface area contributed by atoms with Gasteiger partial charge in [-0.05, 0) is 63.2 Å². The van der Waals surface area contributed by atoms with Crippen LogP contribution in [0.1, 0.15) is 30.7 Å². The molecule has 2 heterocycles. The molecule has 0 fully saturated rings. The minimum absolute atomic E-state index is 0.0121. The Labute approximate surface area is 273 Å². The van der Waals surface area contributed by atoms with Crippen LogP contribution < -0.4 is 10.6 Å². The van der Waals surface area contributed by atoms with Crippen LogP contribution in [0.15, 0.2) is 65.1 Å². The lowest BCUT2D eigenvalue weighted by molar-refractivity contribution is 0.0876. The van der Waals surface area contributed by atoms with E-state index in [4.69, 9.17) is 4.74 Å². The number of anilines is 1. The standard InChI is InChI=1S/C31H42N6O5S3/c1-22(2)18-37(45(40,41)25-11-12-26-29(16-25)44-30(34-26)33-13-8-14-36(3)4)19-28(38)27(15-23-9-6-5-7-10-23)35-31(39)42-20-24-17-32-21-43-24/h5-7,9-12,16-17,21-22,27-28,38H,8,13-15,18-20H2,1-4H3,(H,33,34)(H,35,39). The van der Waals surface area contributed by atoms with Gasteiger partial charge in [-0.3, -0.25) is 4.98 Å². The zero-order valence-corrected chi connectivity index (χ0v) is 28.5. The molecule has 11 nitrogen and oxygen atoms in total. The number of hydrogen-bond acceptors (Lipinski definition) is 11. The Morgan fingerprint density at radius 3 is 2.58 bits per heavy atom. The van der Waals surface area contributed by atoms with E-state index in [1.54, 1.807) is 29.9 Å². The average Bonchev–Trinajstić information content (AvgIpc) is 3.67. The van der Waals surface area contributed by atoms with Crippen LogP contribution in [0.5, 0.6) is 0 Å². The first-order chi connectivity index (χ1) is 21.5. The van der Waals surface area contributed by atoms with Gasteiger partial charge in [0, 0.05) is 25.8 Å². The Bertz CT molecular complexity index is 1600. The second kappa shape index (κ2) is 16.4. The molecule has 4 aromatic rings. The molecule has 45 heavy (non-hydrogen) atoms. The number of thiazole rings is 2. The number of ether oxygens (including phenoxy) is 1. The van der Waals surface area contributed by atoms with E-state index in [1.165, 1.54) is 27.0 Å². The van der Waals surface area contributed by atoms with E-state index in [0.717, 1.165) is 39.8 Å². The number of sulfonamides is 1. The predicted octanol–water partition coefficient (Wildman–Crippen LogP) is 4.66. The first-order valence-electron chi connectivity index (χ1n) is 14.8. The van der Waals surface area contributed by atoms with Gasteiger partial charge >= 0.3 is 6.09 Å². The molecular weight excluding hydrogens is 633 g/mol. The smallest absolute Gasteiger partial charge is 0.407 e. The lowest BCUT2D eigenvalue weighted by Gasteiger charge is -2.30. The number of fused-ring (bicyclic) bond motifs is 1. The summed E-state index contributed by atoms with van der Waals surface area (Å²) in [5, 5.41) is 18.3. The molecule has 0 bridgehead atoms. The summed E-state index contributed by atoms with van der Waals surface area (Å²) in [4.78, 5) is 24.4. The second-order valence-electron chi connectivity index (χ2n) is 11.5. The third kappa shape index (κ3) is 10.4. The predicted molar refractivity (Wildman–Crippen MR) is 180 cm³/mol. The molecule has 244 valence electrons. The second-order valence-corrected chi connectivity index (χ2v) is 15.4. The van der Waals surface area contributed by atoms with Gasteiger partial charge in [-0.2, -0.15) is 4.31 Å². The minimum atomic E-state index is -4.00. The van der Waals surface area contributed by atoms with Crippen LogP contribution in [0.2, 0.25) is 0 Å². The molecule has 0 saturated heterocycles. The third-order valence-corrected chi connectivity index (χ3v) is 10.5. The largest absolute Gasteiger partial charge is 0.444 e. The van der Waals surface area contributed by atoms with Crippen LogP contribution in [0.4, 0.5) is 9.93 Å². The number of alkyl carbamates (subject to hydrolysis) is 1.